The molecule has 0 aliphatic carbocycles. The van der Waals surface area contributed by atoms with E-state index in [0.29, 0.717) is 11.3 Å². The number of methoxy groups -OCH3 is 1. The van der Waals surface area contributed by atoms with E-state index in [0.717, 1.165) is 11.4 Å². The SMILES string of the molecule is COc1ccc(OC[C@@H](O)CNC(=O)c2ccc(N(C)C)cc2)cc1. The van der Waals surface area contributed by atoms with Crippen molar-refractivity contribution in [1.29, 1.82) is 0 Å². The van der Waals surface area contributed by atoms with Crippen molar-refractivity contribution in [3.8, 4) is 11.5 Å². The van der Waals surface area contributed by atoms with Gasteiger partial charge in [-0.1, -0.05) is 0 Å². The summed E-state index contributed by atoms with van der Waals surface area (Å²) in [4.78, 5) is 14.0. The molecule has 0 saturated carbocycles. The Morgan fingerprint density at radius 1 is 1.08 bits per heavy atom. The number of benzene rings is 2. The highest BCUT2D eigenvalue weighted by Gasteiger charge is 2.10. The van der Waals surface area contributed by atoms with Crippen LogP contribution in [0.3, 0.4) is 0 Å². The monoisotopic (exact) mass is 344 g/mol. The zero-order valence-corrected chi connectivity index (χ0v) is 14.7. The number of hydrogen-bond donors (Lipinski definition) is 2. The van der Waals surface area contributed by atoms with Crippen molar-refractivity contribution in [2.75, 3.05) is 39.3 Å². The topological polar surface area (TPSA) is 71.0 Å². The van der Waals surface area contributed by atoms with Crippen molar-refractivity contribution in [1.82, 2.24) is 5.32 Å². The molecule has 0 bridgehead atoms. The van der Waals surface area contributed by atoms with Crippen LogP contribution in [0.4, 0.5) is 5.69 Å². The number of carbonyl (C=O) groups excluding carboxylic acids is 1. The van der Waals surface area contributed by atoms with Gasteiger partial charge < -0.3 is 24.8 Å². The van der Waals surface area contributed by atoms with E-state index in [1.807, 2.05) is 31.1 Å². The number of amides is 1. The summed E-state index contributed by atoms with van der Waals surface area (Å²) < 4.78 is 10.6. The molecular weight excluding hydrogens is 320 g/mol. The lowest BCUT2D eigenvalue weighted by Gasteiger charge is -2.14. The van der Waals surface area contributed by atoms with E-state index in [2.05, 4.69) is 5.32 Å². The number of aliphatic hydroxyl groups excluding tert-OH is 1. The maximum absolute atomic E-state index is 12.1. The molecule has 0 unspecified atom stereocenters. The minimum atomic E-state index is -0.799. The molecule has 25 heavy (non-hydrogen) atoms. The average Bonchev–Trinajstić information content (AvgIpc) is 2.64. The Morgan fingerprint density at radius 2 is 1.68 bits per heavy atom. The third-order valence-corrected chi connectivity index (χ3v) is 3.65. The molecule has 2 aromatic rings. The lowest BCUT2D eigenvalue weighted by atomic mass is 10.2. The molecule has 0 fully saturated rings. The first kappa shape index (κ1) is 18.6. The summed E-state index contributed by atoms with van der Waals surface area (Å²) in [6, 6.07) is 14.3. The Labute approximate surface area is 148 Å². The van der Waals surface area contributed by atoms with Crippen LogP contribution in [-0.4, -0.2) is 51.5 Å². The fourth-order valence-corrected chi connectivity index (χ4v) is 2.15. The number of rotatable bonds is 8. The number of anilines is 1. The quantitative estimate of drug-likeness (QED) is 0.766. The fraction of sp³-hybridized carbons (Fsp3) is 0.316. The number of carbonyl (C=O) groups is 1. The molecule has 0 aliphatic heterocycles. The number of aliphatic hydroxyl groups is 1. The molecule has 1 amide bonds. The highest BCUT2D eigenvalue weighted by molar-refractivity contribution is 5.94. The summed E-state index contributed by atoms with van der Waals surface area (Å²) >= 11 is 0. The third kappa shape index (κ3) is 5.69. The Balaban J connectivity index is 1.76. The van der Waals surface area contributed by atoms with Crippen LogP contribution in [-0.2, 0) is 0 Å². The maximum Gasteiger partial charge on any atom is 0.251 e. The van der Waals surface area contributed by atoms with Crippen molar-refractivity contribution >= 4 is 11.6 Å². The Hall–Kier alpha value is -2.73. The minimum Gasteiger partial charge on any atom is -0.497 e. The summed E-state index contributed by atoms with van der Waals surface area (Å²) in [6.45, 7) is 0.205. The van der Waals surface area contributed by atoms with Crippen LogP contribution in [0.25, 0.3) is 0 Å². The predicted molar refractivity (Wildman–Crippen MR) is 97.6 cm³/mol. The highest BCUT2D eigenvalue weighted by Crippen LogP contribution is 2.17. The molecule has 0 saturated heterocycles. The molecule has 0 radical (unpaired) electrons. The number of ether oxygens (including phenoxy) is 2. The number of hydrogen-bond acceptors (Lipinski definition) is 5. The van der Waals surface area contributed by atoms with Crippen LogP contribution in [0.1, 0.15) is 10.4 Å². The largest absolute Gasteiger partial charge is 0.497 e. The molecule has 6 heteroatoms. The van der Waals surface area contributed by atoms with Crippen LogP contribution in [0.2, 0.25) is 0 Å². The molecule has 2 aromatic carbocycles. The van der Waals surface area contributed by atoms with E-state index in [1.165, 1.54) is 0 Å². The van der Waals surface area contributed by atoms with Crippen molar-refractivity contribution < 1.29 is 19.4 Å². The molecule has 2 rings (SSSR count). The van der Waals surface area contributed by atoms with Gasteiger partial charge in [0, 0.05) is 31.9 Å². The van der Waals surface area contributed by atoms with E-state index < -0.39 is 6.10 Å². The van der Waals surface area contributed by atoms with Gasteiger partial charge in [-0.2, -0.15) is 0 Å². The Morgan fingerprint density at radius 3 is 2.24 bits per heavy atom. The lowest BCUT2D eigenvalue weighted by Crippen LogP contribution is -2.35. The van der Waals surface area contributed by atoms with Gasteiger partial charge in [-0.25, -0.2) is 0 Å². The average molecular weight is 344 g/mol. The standard InChI is InChI=1S/C19H24N2O4/c1-21(2)15-6-4-14(5-7-15)19(23)20-12-16(22)13-25-18-10-8-17(24-3)9-11-18/h4-11,16,22H,12-13H2,1-3H3,(H,20,23)/t16-/m0/s1. The summed E-state index contributed by atoms with van der Waals surface area (Å²) in [5.41, 5.74) is 1.57. The van der Waals surface area contributed by atoms with Crippen LogP contribution < -0.4 is 19.7 Å². The van der Waals surface area contributed by atoms with Crippen molar-refractivity contribution in [3.05, 3.63) is 54.1 Å². The molecular formula is C19H24N2O4. The zero-order valence-electron chi connectivity index (χ0n) is 14.7. The lowest BCUT2D eigenvalue weighted by molar-refractivity contribution is 0.0843. The molecule has 1 atom stereocenters. The van der Waals surface area contributed by atoms with Gasteiger partial charge in [-0.3, -0.25) is 4.79 Å². The number of nitrogens with zero attached hydrogens (tertiary/aromatic N) is 1. The van der Waals surface area contributed by atoms with Gasteiger partial charge in [-0.05, 0) is 48.5 Å². The maximum atomic E-state index is 12.1. The zero-order chi connectivity index (χ0) is 18.2. The molecule has 0 heterocycles. The van der Waals surface area contributed by atoms with Gasteiger partial charge in [0.1, 0.15) is 24.2 Å². The summed E-state index contributed by atoms with van der Waals surface area (Å²) in [5.74, 6) is 1.14. The smallest absolute Gasteiger partial charge is 0.251 e. The fourth-order valence-electron chi connectivity index (χ4n) is 2.15. The van der Waals surface area contributed by atoms with E-state index in [9.17, 15) is 9.90 Å². The summed E-state index contributed by atoms with van der Waals surface area (Å²) in [7, 11) is 5.47. The van der Waals surface area contributed by atoms with Gasteiger partial charge in [-0.15, -0.1) is 0 Å². The second kappa shape index (κ2) is 8.94. The van der Waals surface area contributed by atoms with Crippen LogP contribution in [0.5, 0.6) is 11.5 Å². The van der Waals surface area contributed by atoms with Crippen molar-refractivity contribution in [2.24, 2.45) is 0 Å². The normalized spacial score (nSPS) is 11.5. The first-order chi connectivity index (χ1) is 12.0. The van der Waals surface area contributed by atoms with Gasteiger partial charge in [0.2, 0.25) is 0 Å². The van der Waals surface area contributed by atoms with E-state index >= 15 is 0 Å². The second-order valence-corrected chi connectivity index (χ2v) is 5.79. The Kier molecular flexibility index (Phi) is 6.65. The summed E-state index contributed by atoms with van der Waals surface area (Å²) in [5, 5.41) is 12.7. The third-order valence-electron chi connectivity index (χ3n) is 3.65. The first-order valence-electron chi connectivity index (χ1n) is 8.00. The van der Waals surface area contributed by atoms with Crippen LogP contribution in [0, 0.1) is 0 Å². The highest BCUT2D eigenvalue weighted by atomic mass is 16.5. The van der Waals surface area contributed by atoms with Crippen molar-refractivity contribution in [3.63, 3.8) is 0 Å². The molecule has 6 nitrogen and oxygen atoms in total. The van der Waals surface area contributed by atoms with E-state index in [-0.39, 0.29) is 19.1 Å². The molecule has 0 aliphatic rings. The van der Waals surface area contributed by atoms with Crippen LogP contribution >= 0.6 is 0 Å². The Bertz CT molecular complexity index is 669. The van der Waals surface area contributed by atoms with Gasteiger partial charge in [0.05, 0.1) is 7.11 Å². The van der Waals surface area contributed by atoms with Crippen LogP contribution in [0.15, 0.2) is 48.5 Å². The molecule has 0 spiro atoms. The van der Waals surface area contributed by atoms with E-state index in [4.69, 9.17) is 9.47 Å². The summed E-state index contributed by atoms with van der Waals surface area (Å²) in [6.07, 6.45) is -0.799. The predicted octanol–water partition coefficient (Wildman–Crippen LogP) is 1.93. The molecule has 0 aromatic heterocycles. The van der Waals surface area contributed by atoms with E-state index in [1.54, 1.807) is 43.5 Å². The molecule has 134 valence electrons. The van der Waals surface area contributed by atoms with Gasteiger partial charge in [0.15, 0.2) is 0 Å². The second-order valence-electron chi connectivity index (χ2n) is 5.79. The number of nitrogens with one attached hydrogen (secondary N) is 1. The van der Waals surface area contributed by atoms with Gasteiger partial charge in [0.25, 0.3) is 5.91 Å². The van der Waals surface area contributed by atoms with Gasteiger partial charge >= 0.3 is 0 Å². The first-order valence-corrected chi connectivity index (χ1v) is 8.00. The molecule has 2 N–H and O–H groups in total. The van der Waals surface area contributed by atoms with Crippen molar-refractivity contribution in [2.45, 2.75) is 6.10 Å². The minimum absolute atomic E-state index is 0.0895.